The van der Waals surface area contributed by atoms with E-state index < -0.39 is 0 Å². The van der Waals surface area contributed by atoms with E-state index in [1.165, 1.54) is 32.1 Å². The summed E-state index contributed by atoms with van der Waals surface area (Å²) in [5.74, 6) is 3.28. The van der Waals surface area contributed by atoms with Gasteiger partial charge in [-0.1, -0.05) is 43.0 Å². The molecule has 2 atom stereocenters. The zero-order valence-electron chi connectivity index (χ0n) is 18.4. The van der Waals surface area contributed by atoms with Gasteiger partial charge in [0.05, 0.1) is 25.0 Å². The first-order valence-electron chi connectivity index (χ1n) is 11.5. The third-order valence-electron chi connectivity index (χ3n) is 6.98. The molecule has 1 aliphatic carbocycles. The average Bonchev–Trinajstić information content (AvgIpc) is 3.15. The quantitative estimate of drug-likeness (QED) is 0.417. The first kappa shape index (κ1) is 21.7. The molecule has 2 aromatic carbocycles. The van der Waals surface area contributed by atoms with Crippen molar-refractivity contribution in [3.05, 3.63) is 58.3 Å². The Balaban J connectivity index is 1.52. The topological polar surface area (TPSA) is 35.2 Å². The zero-order valence-corrected chi connectivity index (χ0v) is 20.0. The molecule has 7 heteroatoms. The Hall–Kier alpha value is -2.15. The van der Waals surface area contributed by atoms with Gasteiger partial charge in [-0.25, -0.2) is 4.68 Å². The van der Waals surface area contributed by atoms with E-state index in [0.29, 0.717) is 16.5 Å². The fraction of sp³-hybridized carbons (Fsp3) is 0.440. The van der Waals surface area contributed by atoms with Gasteiger partial charge in [0.1, 0.15) is 5.75 Å². The van der Waals surface area contributed by atoms with Gasteiger partial charge in [-0.2, -0.15) is 0 Å². The van der Waals surface area contributed by atoms with E-state index in [9.17, 15) is 0 Å². The van der Waals surface area contributed by atoms with Gasteiger partial charge < -0.3 is 4.74 Å². The summed E-state index contributed by atoms with van der Waals surface area (Å²) in [5.41, 5.74) is 1.86. The molecule has 2 heterocycles. The maximum absolute atomic E-state index is 6.15. The minimum Gasteiger partial charge on any atom is -0.496 e. The van der Waals surface area contributed by atoms with Crippen LogP contribution in [0.4, 0.5) is 0 Å². The summed E-state index contributed by atoms with van der Waals surface area (Å²) in [5, 5.41) is 5.70. The van der Waals surface area contributed by atoms with Crippen molar-refractivity contribution in [3.63, 3.8) is 0 Å². The van der Waals surface area contributed by atoms with Crippen LogP contribution in [0, 0.1) is 16.6 Å². The molecule has 168 valence electrons. The molecule has 0 unspecified atom stereocenters. The second-order valence-electron chi connectivity index (χ2n) is 8.93. The van der Waals surface area contributed by atoms with Crippen molar-refractivity contribution in [2.24, 2.45) is 11.8 Å². The van der Waals surface area contributed by atoms with Gasteiger partial charge in [0.2, 0.25) is 4.77 Å². The van der Waals surface area contributed by atoms with E-state index >= 15 is 0 Å². The highest BCUT2D eigenvalue weighted by atomic mass is 35.5. The highest BCUT2D eigenvalue weighted by Gasteiger charge is 2.31. The summed E-state index contributed by atoms with van der Waals surface area (Å²) in [7, 11) is 1.69. The SMILES string of the molecule is COc1ccccc1-c1nn(CN2CC[C@H]3CCCC[C@H]3C2)c(=S)n1-c1ccc(Cl)cc1. The number of benzene rings is 2. The van der Waals surface area contributed by atoms with Crippen molar-refractivity contribution < 1.29 is 4.74 Å². The summed E-state index contributed by atoms with van der Waals surface area (Å²) < 4.78 is 10.3. The molecule has 32 heavy (non-hydrogen) atoms. The van der Waals surface area contributed by atoms with Gasteiger partial charge in [-0.15, -0.1) is 5.10 Å². The fourth-order valence-electron chi connectivity index (χ4n) is 5.32. The molecule has 0 spiro atoms. The second kappa shape index (κ2) is 9.38. The first-order valence-corrected chi connectivity index (χ1v) is 12.2. The third kappa shape index (κ3) is 4.24. The molecule has 5 rings (SSSR count). The lowest BCUT2D eigenvalue weighted by Gasteiger charge is -2.41. The Morgan fingerprint density at radius 1 is 1.03 bits per heavy atom. The number of rotatable bonds is 5. The molecule has 5 nitrogen and oxygen atoms in total. The van der Waals surface area contributed by atoms with Crippen molar-refractivity contribution in [2.75, 3.05) is 20.2 Å². The van der Waals surface area contributed by atoms with E-state index in [1.807, 2.05) is 57.8 Å². The maximum Gasteiger partial charge on any atom is 0.204 e. The van der Waals surface area contributed by atoms with Crippen LogP contribution in [0.1, 0.15) is 32.1 Å². The number of hydrogen-bond donors (Lipinski definition) is 0. The molecule has 2 fully saturated rings. The summed E-state index contributed by atoms with van der Waals surface area (Å²) in [6.45, 7) is 2.97. The number of ether oxygens (including phenoxy) is 1. The third-order valence-corrected chi connectivity index (χ3v) is 7.63. The van der Waals surface area contributed by atoms with Crippen LogP contribution in [0.25, 0.3) is 17.1 Å². The molecule has 0 amide bonds. The van der Waals surface area contributed by atoms with Crippen LogP contribution >= 0.6 is 23.8 Å². The molecule has 0 N–H and O–H groups in total. The Labute approximate surface area is 199 Å². The summed E-state index contributed by atoms with van der Waals surface area (Å²) >= 11 is 12.1. The van der Waals surface area contributed by atoms with Crippen LogP contribution in [0.3, 0.4) is 0 Å². The predicted octanol–water partition coefficient (Wildman–Crippen LogP) is 6.20. The molecular formula is C25H29ClN4OS. The molecule has 0 radical (unpaired) electrons. The number of nitrogens with zero attached hydrogens (tertiary/aromatic N) is 4. The first-order chi connectivity index (χ1) is 15.6. The minimum absolute atomic E-state index is 0.680. The Morgan fingerprint density at radius 3 is 2.56 bits per heavy atom. The summed E-state index contributed by atoms with van der Waals surface area (Å²) in [4.78, 5) is 2.52. The van der Waals surface area contributed by atoms with Gasteiger partial charge in [0.15, 0.2) is 5.82 Å². The van der Waals surface area contributed by atoms with Crippen molar-refractivity contribution >= 4 is 23.8 Å². The molecule has 1 saturated heterocycles. The molecule has 1 saturated carbocycles. The average molecular weight is 469 g/mol. The Kier molecular flexibility index (Phi) is 6.35. The fourth-order valence-corrected chi connectivity index (χ4v) is 5.74. The predicted molar refractivity (Wildman–Crippen MR) is 131 cm³/mol. The second-order valence-corrected chi connectivity index (χ2v) is 9.73. The monoisotopic (exact) mass is 468 g/mol. The zero-order chi connectivity index (χ0) is 22.1. The Morgan fingerprint density at radius 2 is 1.78 bits per heavy atom. The van der Waals surface area contributed by atoms with Crippen molar-refractivity contribution in [2.45, 2.75) is 38.8 Å². The van der Waals surface area contributed by atoms with Crippen molar-refractivity contribution in [1.82, 2.24) is 19.2 Å². The molecular weight excluding hydrogens is 440 g/mol. The highest BCUT2D eigenvalue weighted by Crippen LogP contribution is 2.36. The molecule has 2 aliphatic rings. The van der Waals surface area contributed by atoms with Crippen molar-refractivity contribution in [1.29, 1.82) is 0 Å². The van der Waals surface area contributed by atoms with E-state index in [0.717, 1.165) is 47.8 Å². The van der Waals surface area contributed by atoms with Crippen LogP contribution in [0.15, 0.2) is 48.5 Å². The Bertz CT molecular complexity index is 1140. The molecule has 1 aromatic heterocycles. The largest absolute Gasteiger partial charge is 0.496 e. The number of halogens is 1. The van der Waals surface area contributed by atoms with E-state index in [1.54, 1.807) is 7.11 Å². The smallest absolute Gasteiger partial charge is 0.204 e. The van der Waals surface area contributed by atoms with Crippen LogP contribution in [0.5, 0.6) is 5.75 Å². The molecule has 0 bridgehead atoms. The minimum atomic E-state index is 0.680. The lowest BCUT2D eigenvalue weighted by Crippen LogP contribution is -2.42. The van der Waals surface area contributed by atoms with E-state index in [2.05, 4.69) is 4.90 Å². The van der Waals surface area contributed by atoms with Gasteiger partial charge in [0, 0.05) is 18.1 Å². The number of hydrogen-bond acceptors (Lipinski definition) is 4. The van der Waals surface area contributed by atoms with Crippen LogP contribution in [0.2, 0.25) is 5.02 Å². The lowest BCUT2D eigenvalue weighted by molar-refractivity contribution is 0.0625. The van der Waals surface area contributed by atoms with E-state index in [-0.39, 0.29) is 0 Å². The number of para-hydroxylation sites is 1. The molecule has 1 aliphatic heterocycles. The highest BCUT2D eigenvalue weighted by molar-refractivity contribution is 7.71. The maximum atomic E-state index is 6.15. The van der Waals surface area contributed by atoms with Gasteiger partial charge in [-0.05, 0) is 73.3 Å². The number of fused-ring (bicyclic) bond motifs is 1. The normalized spacial score (nSPS) is 21.3. The van der Waals surface area contributed by atoms with Crippen molar-refractivity contribution in [3.8, 4) is 22.8 Å². The van der Waals surface area contributed by atoms with Crippen LogP contribution in [-0.2, 0) is 6.67 Å². The number of piperidine rings is 1. The van der Waals surface area contributed by atoms with Gasteiger partial charge in [-0.3, -0.25) is 9.47 Å². The standard InChI is InChI=1S/C25H29ClN4OS/c1-31-23-9-5-4-8-22(23)24-27-29(25(32)30(24)21-12-10-20(26)11-13-21)17-28-15-14-18-6-2-3-7-19(18)16-28/h4-5,8-13,18-19H,2-3,6-7,14-17H2,1H3/t18-,19+/m1/s1. The van der Waals surface area contributed by atoms with E-state index in [4.69, 9.17) is 33.7 Å². The van der Waals surface area contributed by atoms with Crippen LogP contribution in [-0.4, -0.2) is 39.4 Å². The molecule has 3 aromatic rings. The number of likely N-dealkylation sites (tertiary alicyclic amines) is 1. The van der Waals surface area contributed by atoms with Gasteiger partial charge >= 0.3 is 0 Å². The summed E-state index contributed by atoms with van der Waals surface area (Å²) in [6.07, 6.45) is 6.83. The lowest BCUT2D eigenvalue weighted by atomic mass is 9.75. The number of methoxy groups -OCH3 is 1. The summed E-state index contributed by atoms with van der Waals surface area (Å²) in [6, 6.07) is 15.7. The van der Waals surface area contributed by atoms with Gasteiger partial charge in [0.25, 0.3) is 0 Å². The van der Waals surface area contributed by atoms with Crippen LogP contribution < -0.4 is 4.74 Å². The number of aromatic nitrogens is 3.